The molecule has 1 aromatic rings. The van der Waals surface area contributed by atoms with Gasteiger partial charge in [0.15, 0.2) is 0 Å². The molecule has 3 nitrogen and oxygen atoms in total. The molecular weight excluding hydrogens is 235 g/mol. The zero-order valence-electron chi connectivity index (χ0n) is 8.26. The second-order valence-electron chi connectivity index (χ2n) is 3.43. The first-order valence-electron chi connectivity index (χ1n) is 4.44. The second kappa shape index (κ2) is 4.93. The SMILES string of the molecule is CP(=O)(O)C(CC(=O)Cl)c1ccccc1. The molecule has 5 heteroatoms. The Morgan fingerprint density at radius 3 is 2.40 bits per heavy atom. The minimum atomic E-state index is -3.36. The topological polar surface area (TPSA) is 54.4 Å². The van der Waals surface area contributed by atoms with Gasteiger partial charge in [-0.25, -0.2) is 0 Å². The number of hydrogen-bond acceptors (Lipinski definition) is 2. The summed E-state index contributed by atoms with van der Waals surface area (Å²) in [5.74, 6) is 0. The minimum Gasteiger partial charge on any atom is -0.344 e. The third-order valence-electron chi connectivity index (χ3n) is 2.12. The van der Waals surface area contributed by atoms with Gasteiger partial charge in [0.25, 0.3) is 0 Å². The summed E-state index contributed by atoms with van der Waals surface area (Å²) in [6.45, 7) is 1.24. The molecule has 0 bridgehead atoms. The van der Waals surface area contributed by atoms with Gasteiger partial charge in [0.2, 0.25) is 12.6 Å². The predicted molar refractivity (Wildman–Crippen MR) is 60.4 cm³/mol. The van der Waals surface area contributed by atoms with E-state index >= 15 is 0 Å². The van der Waals surface area contributed by atoms with Crippen LogP contribution in [0.4, 0.5) is 0 Å². The van der Waals surface area contributed by atoms with Gasteiger partial charge in [0, 0.05) is 13.1 Å². The van der Waals surface area contributed by atoms with Crippen LogP contribution in [-0.4, -0.2) is 16.8 Å². The maximum absolute atomic E-state index is 11.6. The van der Waals surface area contributed by atoms with Gasteiger partial charge in [-0.1, -0.05) is 30.3 Å². The molecule has 0 aromatic heterocycles. The monoisotopic (exact) mass is 246 g/mol. The van der Waals surface area contributed by atoms with Crippen LogP contribution in [0.2, 0.25) is 0 Å². The Kier molecular flexibility index (Phi) is 4.09. The third-order valence-corrected chi connectivity index (χ3v) is 3.91. The highest BCUT2D eigenvalue weighted by atomic mass is 35.5. The van der Waals surface area contributed by atoms with E-state index in [0.29, 0.717) is 5.56 Å². The fraction of sp³-hybridized carbons (Fsp3) is 0.300. The molecule has 1 rings (SSSR count). The first-order chi connectivity index (χ1) is 6.91. The quantitative estimate of drug-likeness (QED) is 0.657. The van der Waals surface area contributed by atoms with Gasteiger partial charge in [0.05, 0.1) is 5.66 Å². The van der Waals surface area contributed by atoms with Crippen LogP contribution in [0.25, 0.3) is 0 Å². The van der Waals surface area contributed by atoms with Gasteiger partial charge in [-0.05, 0) is 17.2 Å². The Morgan fingerprint density at radius 2 is 2.00 bits per heavy atom. The van der Waals surface area contributed by atoms with E-state index in [-0.39, 0.29) is 6.42 Å². The number of halogens is 1. The van der Waals surface area contributed by atoms with Crippen molar-refractivity contribution in [3.05, 3.63) is 35.9 Å². The standard InChI is InChI=1S/C10H12ClO3P/c1-15(13,14)9(7-10(11)12)8-5-3-2-4-6-8/h2-6,9H,7H2,1H3,(H,13,14). The zero-order valence-corrected chi connectivity index (χ0v) is 9.91. The fourth-order valence-electron chi connectivity index (χ4n) is 1.39. The average Bonchev–Trinajstić information content (AvgIpc) is 2.14. The van der Waals surface area contributed by atoms with Crippen molar-refractivity contribution in [3.63, 3.8) is 0 Å². The van der Waals surface area contributed by atoms with Crippen molar-refractivity contribution >= 4 is 24.2 Å². The van der Waals surface area contributed by atoms with Crippen LogP contribution in [0.1, 0.15) is 17.6 Å². The molecule has 15 heavy (non-hydrogen) atoms. The van der Waals surface area contributed by atoms with Crippen LogP contribution in [0.5, 0.6) is 0 Å². The maximum Gasteiger partial charge on any atom is 0.222 e. The predicted octanol–water partition coefficient (Wildman–Crippen LogP) is 2.78. The van der Waals surface area contributed by atoms with Crippen LogP contribution in [0, 0.1) is 0 Å². The molecule has 2 atom stereocenters. The summed E-state index contributed by atoms with van der Waals surface area (Å²) in [5.41, 5.74) is -0.0384. The molecule has 0 radical (unpaired) electrons. The Hall–Kier alpha value is -0.630. The summed E-state index contributed by atoms with van der Waals surface area (Å²) < 4.78 is 11.6. The van der Waals surface area contributed by atoms with Crippen molar-refractivity contribution in [2.24, 2.45) is 0 Å². The third kappa shape index (κ3) is 3.78. The van der Waals surface area contributed by atoms with Gasteiger partial charge in [-0.3, -0.25) is 9.36 Å². The van der Waals surface area contributed by atoms with E-state index in [2.05, 4.69) is 0 Å². The van der Waals surface area contributed by atoms with E-state index in [0.717, 1.165) is 0 Å². The lowest BCUT2D eigenvalue weighted by atomic mass is 10.1. The number of carbonyl (C=O) groups is 1. The lowest BCUT2D eigenvalue weighted by Crippen LogP contribution is -2.03. The molecule has 0 aliphatic carbocycles. The summed E-state index contributed by atoms with van der Waals surface area (Å²) in [6.07, 6.45) is -0.115. The van der Waals surface area contributed by atoms with E-state index in [4.69, 9.17) is 11.6 Å². The number of carbonyl (C=O) groups excluding carboxylic acids is 1. The summed E-state index contributed by atoms with van der Waals surface area (Å²) in [4.78, 5) is 20.3. The average molecular weight is 247 g/mol. The Bertz CT molecular complexity index is 385. The highest BCUT2D eigenvalue weighted by molar-refractivity contribution is 7.57. The van der Waals surface area contributed by atoms with E-state index in [9.17, 15) is 14.3 Å². The second-order valence-corrected chi connectivity index (χ2v) is 6.36. The van der Waals surface area contributed by atoms with Crippen molar-refractivity contribution in [3.8, 4) is 0 Å². The Labute approximate surface area is 93.5 Å². The van der Waals surface area contributed by atoms with Gasteiger partial charge in [-0.2, -0.15) is 0 Å². The van der Waals surface area contributed by atoms with E-state index in [1.807, 2.05) is 0 Å². The summed E-state index contributed by atoms with van der Waals surface area (Å²) in [6, 6.07) is 8.77. The van der Waals surface area contributed by atoms with Crippen LogP contribution in [0.3, 0.4) is 0 Å². The highest BCUT2D eigenvalue weighted by Gasteiger charge is 2.28. The lowest BCUT2D eigenvalue weighted by molar-refractivity contribution is -0.111. The van der Waals surface area contributed by atoms with Crippen LogP contribution >= 0.6 is 19.0 Å². The normalized spacial score (nSPS) is 16.7. The molecular formula is C10H12ClO3P. The molecule has 82 valence electrons. The lowest BCUT2D eigenvalue weighted by Gasteiger charge is -2.18. The van der Waals surface area contributed by atoms with Crippen molar-refractivity contribution in [2.45, 2.75) is 12.1 Å². The molecule has 0 saturated carbocycles. The van der Waals surface area contributed by atoms with Crippen molar-refractivity contribution < 1.29 is 14.3 Å². The summed E-state index contributed by atoms with van der Waals surface area (Å²) >= 11 is 5.26. The molecule has 0 aliphatic rings. The molecule has 0 fully saturated rings. The molecule has 0 spiro atoms. The van der Waals surface area contributed by atoms with Gasteiger partial charge < -0.3 is 4.89 Å². The largest absolute Gasteiger partial charge is 0.344 e. The highest BCUT2D eigenvalue weighted by Crippen LogP contribution is 2.54. The molecule has 2 unspecified atom stereocenters. The van der Waals surface area contributed by atoms with Crippen molar-refractivity contribution in [1.82, 2.24) is 0 Å². The van der Waals surface area contributed by atoms with Gasteiger partial charge in [-0.15, -0.1) is 0 Å². The van der Waals surface area contributed by atoms with E-state index < -0.39 is 18.3 Å². The number of hydrogen-bond donors (Lipinski definition) is 1. The number of rotatable bonds is 4. The fourth-order valence-corrected chi connectivity index (χ4v) is 2.88. The van der Waals surface area contributed by atoms with Crippen LogP contribution < -0.4 is 0 Å². The molecule has 0 heterocycles. The summed E-state index contributed by atoms with van der Waals surface area (Å²) in [7, 11) is -3.36. The molecule has 0 saturated heterocycles. The molecule has 0 amide bonds. The summed E-state index contributed by atoms with van der Waals surface area (Å²) in [5, 5.41) is -0.597. The smallest absolute Gasteiger partial charge is 0.222 e. The van der Waals surface area contributed by atoms with E-state index in [1.54, 1.807) is 30.3 Å². The molecule has 1 N–H and O–H groups in total. The van der Waals surface area contributed by atoms with Crippen molar-refractivity contribution in [1.29, 1.82) is 0 Å². The van der Waals surface area contributed by atoms with Gasteiger partial charge in [0.1, 0.15) is 0 Å². The van der Waals surface area contributed by atoms with Crippen molar-refractivity contribution in [2.75, 3.05) is 6.66 Å². The Balaban J connectivity index is 3.02. The van der Waals surface area contributed by atoms with Crippen LogP contribution in [0.15, 0.2) is 30.3 Å². The molecule has 0 aliphatic heterocycles. The first kappa shape index (κ1) is 12.4. The minimum absolute atomic E-state index is 0.115. The first-order valence-corrected chi connectivity index (χ1v) is 7.00. The molecule has 1 aromatic carbocycles. The maximum atomic E-state index is 11.6. The van der Waals surface area contributed by atoms with Gasteiger partial charge >= 0.3 is 0 Å². The van der Waals surface area contributed by atoms with E-state index in [1.165, 1.54) is 6.66 Å². The Morgan fingerprint density at radius 1 is 1.47 bits per heavy atom. The zero-order chi connectivity index (χ0) is 11.5. The van der Waals surface area contributed by atoms with Crippen LogP contribution in [-0.2, 0) is 9.36 Å². The number of benzene rings is 1.